The fraction of sp³-hybridized carbons (Fsp3) is 0. The van der Waals surface area contributed by atoms with Gasteiger partial charge in [0.05, 0.1) is 11.0 Å². The van der Waals surface area contributed by atoms with E-state index < -0.39 is 0 Å². The Balaban J connectivity index is 1.29. The summed E-state index contributed by atoms with van der Waals surface area (Å²) >= 11 is 6.62. The fourth-order valence-corrected chi connectivity index (χ4v) is 6.46. The molecule has 9 rings (SSSR count). The van der Waals surface area contributed by atoms with Crippen molar-refractivity contribution in [3.63, 3.8) is 0 Å². The molecule has 0 saturated carbocycles. The maximum absolute atomic E-state index is 6.62. The lowest BCUT2D eigenvalue weighted by atomic mass is 10.1. The molecule has 0 fully saturated rings. The number of fused-ring (bicyclic) bond motifs is 7. The van der Waals surface area contributed by atoms with Gasteiger partial charge in [-0.25, -0.2) is 15.0 Å². The molecule has 0 saturated heterocycles. The van der Waals surface area contributed by atoms with Crippen LogP contribution >= 0.6 is 11.6 Å². The zero-order valence-corrected chi connectivity index (χ0v) is 24.6. The maximum Gasteiger partial charge on any atom is 0.164 e. The zero-order chi connectivity index (χ0) is 29.9. The Labute approximate surface area is 263 Å². The van der Waals surface area contributed by atoms with Gasteiger partial charge in [0.1, 0.15) is 11.2 Å². The van der Waals surface area contributed by atoms with Crippen LogP contribution in [0.3, 0.4) is 0 Å². The van der Waals surface area contributed by atoms with Crippen LogP contribution in [-0.4, -0.2) is 19.5 Å². The topological polar surface area (TPSA) is 56.7 Å². The SMILES string of the molecule is Clc1ccc2c3c4c(ccc3n(-c3cccc(-c5nc(-c6ccccc6)nc(-c6ccccc6)n5)c3)c2c1)oc1ccccc14. The van der Waals surface area contributed by atoms with Crippen molar-refractivity contribution in [3.05, 3.63) is 145 Å². The summed E-state index contributed by atoms with van der Waals surface area (Å²) in [5, 5.41) is 5.10. The van der Waals surface area contributed by atoms with Gasteiger partial charge in [-0.05, 0) is 42.5 Å². The van der Waals surface area contributed by atoms with Crippen LogP contribution in [0, 0.1) is 0 Å². The van der Waals surface area contributed by atoms with Gasteiger partial charge in [-0.2, -0.15) is 0 Å². The van der Waals surface area contributed by atoms with Gasteiger partial charge >= 0.3 is 0 Å². The van der Waals surface area contributed by atoms with E-state index in [2.05, 4.69) is 47.0 Å². The quantitative estimate of drug-likeness (QED) is 0.202. The molecule has 3 heterocycles. The molecule has 0 unspecified atom stereocenters. The summed E-state index contributed by atoms with van der Waals surface area (Å²) in [5.74, 6) is 1.86. The number of aromatic nitrogens is 4. The molecule has 0 atom stereocenters. The highest BCUT2D eigenvalue weighted by molar-refractivity contribution is 6.33. The van der Waals surface area contributed by atoms with Crippen molar-refractivity contribution < 1.29 is 4.42 Å². The van der Waals surface area contributed by atoms with Crippen molar-refractivity contribution >= 4 is 55.3 Å². The smallest absolute Gasteiger partial charge is 0.164 e. The fourth-order valence-electron chi connectivity index (χ4n) is 6.30. The van der Waals surface area contributed by atoms with E-state index in [-0.39, 0.29) is 0 Å². The molecule has 45 heavy (non-hydrogen) atoms. The first-order valence-electron chi connectivity index (χ1n) is 14.7. The van der Waals surface area contributed by atoms with Gasteiger partial charge in [-0.1, -0.05) is 109 Å². The molecule has 0 N–H and O–H groups in total. The van der Waals surface area contributed by atoms with Gasteiger partial charge in [-0.3, -0.25) is 0 Å². The van der Waals surface area contributed by atoms with E-state index in [1.54, 1.807) is 0 Å². The normalized spacial score (nSPS) is 11.7. The van der Waals surface area contributed by atoms with Crippen molar-refractivity contribution in [1.29, 1.82) is 0 Å². The molecule has 6 heteroatoms. The number of benzene rings is 6. The Kier molecular flexibility index (Phi) is 5.80. The molecule has 5 nitrogen and oxygen atoms in total. The molecular weight excluding hydrogens is 576 g/mol. The summed E-state index contributed by atoms with van der Waals surface area (Å²) in [4.78, 5) is 14.8. The van der Waals surface area contributed by atoms with E-state index in [0.29, 0.717) is 22.5 Å². The standard InChI is InChI=1S/C39H23ClN4O/c40-27-18-19-29-32(23-27)44(31-20-21-34-36(35(29)31)30-16-7-8-17-33(30)45-34)28-15-9-14-26(22-28)39-42-37(24-10-3-1-4-11-24)41-38(43-39)25-12-5-2-6-13-25/h1-23H. The highest BCUT2D eigenvalue weighted by Crippen LogP contribution is 2.42. The van der Waals surface area contributed by atoms with Gasteiger partial charge in [0.25, 0.3) is 0 Å². The summed E-state index contributed by atoms with van der Waals surface area (Å²) in [6.07, 6.45) is 0. The highest BCUT2D eigenvalue weighted by Gasteiger charge is 2.20. The van der Waals surface area contributed by atoms with E-state index >= 15 is 0 Å². The van der Waals surface area contributed by atoms with E-state index in [0.717, 1.165) is 66.1 Å². The molecule has 6 aromatic carbocycles. The minimum atomic E-state index is 0.603. The predicted molar refractivity (Wildman–Crippen MR) is 183 cm³/mol. The van der Waals surface area contributed by atoms with Gasteiger partial charge in [0.15, 0.2) is 17.5 Å². The van der Waals surface area contributed by atoms with Gasteiger partial charge in [-0.15, -0.1) is 0 Å². The van der Waals surface area contributed by atoms with Crippen LogP contribution in [0.4, 0.5) is 0 Å². The third-order valence-electron chi connectivity index (χ3n) is 8.29. The molecule has 0 amide bonds. The molecule has 212 valence electrons. The predicted octanol–water partition coefficient (Wildman–Crippen LogP) is 10.5. The first-order valence-corrected chi connectivity index (χ1v) is 15.1. The lowest BCUT2D eigenvalue weighted by Crippen LogP contribution is -2.01. The van der Waals surface area contributed by atoms with Crippen molar-refractivity contribution in [2.75, 3.05) is 0 Å². The number of halogens is 1. The lowest BCUT2D eigenvalue weighted by molar-refractivity contribution is 0.669. The number of furan rings is 1. The summed E-state index contributed by atoms with van der Waals surface area (Å²) < 4.78 is 8.53. The molecule has 0 radical (unpaired) electrons. The Morgan fingerprint density at radius 3 is 1.84 bits per heavy atom. The van der Waals surface area contributed by atoms with Gasteiger partial charge in [0.2, 0.25) is 0 Å². The number of hydrogen-bond acceptors (Lipinski definition) is 4. The lowest BCUT2D eigenvalue weighted by Gasteiger charge is -2.11. The summed E-state index contributed by atoms with van der Waals surface area (Å²) in [6, 6.07) is 46.9. The molecule has 0 aliphatic rings. The van der Waals surface area contributed by atoms with Crippen LogP contribution in [0.1, 0.15) is 0 Å². The van der Waals surface area contributed by atoms with Crippen LogP contribution in [-0.2, 0) is 0 Å². The van der Waals surface area contributed by atoms with Crippen molar-refractivity contribution in [3.8, 4) is 39.9 Å². The molecule has 0 aliphatic heterocycles. The number of hydrogen-bond donors (Lipinski definition) is 0. The van der Waals surface area contributed by atoms with E-state index in [1.807, 2.05) is 97.1 Å². The van der Waals surface area contributed by atoms with Crippen LogP contribution in [0.5, 0.6) is 0 Å². The summed E-state index contributed by atoms with van der Waals surface area (Å²) in [5.41, 5.74) is 7.53. The van der Waals surface area contributed by atoms with Crippen LogP contribution < -0.4 is 0 Å². The number of nitrogens with zero attached hydrogens (tertiary/aromatic N) is 4. The van der Waals surface area contributed by atoms with Crippen molar-refractivity contribution in [2.45, 2.75) is 0 Å². The van der Waals surface area contributed by atoms with Crippen molar-refractivity contribution in [2.24, 2.45) is 0 Å². The second-order valence-electron chi connectivity index (χ2n) is 11.0. The van der Waals surface area contributed by atoms with Gasteiger partial charge in [0, 0.05) is 48.9 Å². The summed E-state index contributed by atoms with van der Waals surface area (Å²) in [7, 11) is 0. The average molecular weight is 599 g/mol. The average Bonchev–Trinajstić information content (AvgIpc) is 3.64. The minimum Gasteiger partial charge on any atom is -0.456 e. The third-order valence-corrected chi connectivity index (χ3v) is 8.53. The minimum absolute atomic E-state index is 0.603. The first kappa shape index (κ1) is 25.7. The van der Waals surface area contributed by atoms with E-state index in [4.69, 9.17) is 31.0 Å². The first-order chi connectivity index (χ1) is 22.2. The molecule has 9 aromatic rings. The Hall–Kier alpha value is -5.78. The largest absolute Gasteiger partial charge is 0.456 e. The maximum atomic E-state index is 6.62. The Morgan fingerprint density at radius 1 is 0.467 bits per heavy atom. The van der Waals surface area contributed by atoms with Crippen LogP contribution in [0.25, 0.3) is 83.6 Å². The van der Waals surface area contributed by atoms with E-state index in [1.165, 1.54) is 0 Å². The second kappa shape index (κ2) is 10.2. The molecule has 0 bridgehead atoms. The van der Waals surface area contributed by atoms with Crippen LogP contribution in [0.15, 0.2) is 144 Å². The number of para-hydroxylation sites is 1. The second-order valence-corrected chi connectivity index (χ2v) is 11.5. The Bertz CT molecular complexity index is 2500. The third kappa shape index (κ3) is 4.20. The molecule has 0 aliphatic carbocycles. The summed E-state index contributed by atoms with van der Waals surface area (Å²) in [6.45, 7) is 0. The van der Waals surface area contributed by atoms with Gasteiger partial charge < -0.3 is 8.98 Å². The van der Waals surface area contributed by atoms with Crippen molar-refractivity contribution in [1.82, 2.24) is 19.5 Å². The molecule has 0 spiro atoms. The molecule has 3 aromatic heterocycles. The monoisotopic (exact) mass is 598 g/mol. The van der Waals surface area contributed by atoms with Crippen LogP contribution in [0.2, 0.25) is 5.02 Å². The zero-order valence-electron chi connectivity index (χ0n) is 23.9. The molecular formula is C39H23ClN4O. The van der Waals surface area contributed by atoms with E-state index in [9.17, 15) is 0 Å². The highest BCUT2D eigenvalue weighted by atomic mass is 35.5. The Morgan fingerprint density at radius 2 is 1.11 bits per heavy atom. The number of rotatable bonds is 4.